The molecule has 0 radical (unpaired) electrons. The summed E-state index contributed by atoms with van der Waals surface area (Å²) in [6, 6.07) is 19.9. The zero-order valence-electron chi connectivity index (χ0n) is 13.9. The fraction of sp³-hybridized carbons (Fsp3) is 0.100. The molecule has 1 heterocycles. The normalized spacial score (nSPS) is 11.5. The van der Waals surface area contributed by atoms with E-state index in [0.29, 0.717) is 11.3 Å². The van der Waals surface area contributed by atoms with Crippen LogP contribution in [0.1, 0.15) is 26.8 Å². The number of rotatable bonds is 7. The lowest BCUT2D eigenvalue weighted by Gasteiger charge is -2.18. The Kier molecular flexibility index (Phi) is 5.66. The molecule has 0 bridgehead atoms. The van der Waals surface area contributed by atoms with Crippen LogP contribution in [0.2, 0.25) is 0 Å². The van der Waals surface area contributed by atoms with E-state index < -0.39 is 5.91 Å². The number of ether oxygens (including phenoxy) is 1. The van der Waals surface area contributed by atoms with E-state index in [1.54, 1.807) is 35.6 Å². The van der Waals surface area contributed by atoms with E-state index in [1.807, 2.05) is 47.8 Å². The summed E-state index contributed by atoms with van der Waals surface area (Å²) in [5.41, 5.74) is 6.60. The van der Waals surface area contributed by atoms with Crippen LogP contribution >= 0.6 is 11.3 Å². The maximum Gasteiger partial charge on any atom is 0.258 e. The van der Waals surface area contributed by atoms with Crippen LogP contribution in [0.3, 0.4) is 0 Å². The molecule has 1 atom stereocenters. The molecule has 5 nitrogen and oxygen atoms in total. The first kappa shape index (κ1) is 17.7. The highest BCUT2D eigenvalue weighted by molar-refractivity contribution is 7.10. The number of hydrogen-bond acceptors (Lipinski definition) is 4. The van der Waals surface area contributed by atoms with Crippen LogP contribution in [-0.4, -0.2) is 18.4 Å². The van der Waals surface area contributed by atoms with E-state index in [9.17, 15) is 9.59 Å². The maximum atomic E-state index is 12.4. The van der Waals surface area contributed by atoms with E-state index in [4.69, 9.17) is 10.5 Å². The summed E-state index contributed by atoms with van der Waals surface area (Å²) in [7, 11) is 0. The van der Waals surface area contributed by atoms with Crippen molar-refractivity contribution >= 4 is 23.2 Å². The van der Waals surface area contributed by atoms with Crippen molar-refractivity contribution in [3.05, 3.63) is 88.1 Å². The second kappa shape index (κ2) is 8.31. The number of carbonyl (C=O) groups is 2. The Bertz CT molecular complexity index is 862. The molecule has 3 rings (SSSR count). The van der Waals surface area contributed by atoms with Gasteiger partial charge in [0.2, 0.25) is 5.91 Å². The summed E-state index contributed by atoms with van der Waals surface area (Å²) < 4.78 is 5.50. The number of primary amides is 1. The highest BCUT2D eigenvalue weighted by Crippen LogP contribution is 2.25. The van der Waals surface area contributed by atoms with Crippen molar-refractivity contribution in [3.8, 4) is 5.75 Å². The van der Waals surface area contributed by atoms with Gasteiger partial charge in [0.1, 0.15) is 5.75 Å². The molecule has 0 aliphatic rings. The molecular weight excluding hydrogens is 348 g/mol. The zero-order chi connectivity index (χ0) is 18.4. The number of amides is 2. The zero-order valence-corrected chi connectivity index (χ0v) is 14.7. The Hall–Kier alpha value is -3.12. The molecule has 2 aromatic carbocycles. The third-order valence-electron chi connectivity index (χ3n) is 3.77. The SMILES string of the molecule is NC(=O)c1ccc(OCC(=O)NC(c2ccccc2)c2cccs2)cc1. The molecule has 6 heteroatoms. The third kappa shape index (κ3) is 4.49. The monoisotopic (exact) mass is 366 g/mol. The summed E-state index contributed by atoms with van der Waals surface area (Å²) in [5.74, 6) is -0.236. The quantitative estimate of drug-likeness (QED) is 0.674. The highest BCUT2D eigenvalue weighted by atomic mass is 32.1. The summed E-state index contributed by atoms with van der Waals surface area (Å²) in [6.45, 7) is -0.120. The van der Waals surface area contributed by atoms with Crippen molar-refractivity contribution in [2.45, 2.75) is 6.04 Å². The molecule has 3 N–H and O–H groups in total. The summed E-state index contributed by atoms with van der Waals surface area (Å²) >= 11 is 1.59. The highest BCUT2D eigenvalue weighted by Gasteiger charge is 2.18. The number of benzene rings is 2. The molecule has 3 aromatic rings. The molecule has 0 saturated heterocycles. The number of carbonyl (C=O) groups excluding carboxylic acids is 2. The third-order valence-corrected chi connectivity index (χ3v) is 4.71. The van der Waals surface area contributed by atoms with Crippen LogP contribution in [0.25, 0.3) is 0 Å². The van der Waals surface area contributed by atoms with E-state index in [0.717, 1.165) is 10.4 Å². The number of hydrogen-bond donors (Lipinski definition) is 2. The minimum atomic E-state index is -0.504. The van der Waals surface area contributed by atoms with Crippen LogP contribution in [0.4, 0.5) is 0 Å². The molecule has 0 fully saturated rings. The lowest BCUT2D eigenvalue weighted by molar-refractivity contribution is -0.123. The smallest absolute Gasteiger partial charge is 0.258 e. The summed E-state index contributed by atoms with van der Waals surface area (Å²) in [5, 5.41) is 4.99. The van der Waals surface area contributed by atoms with Crippen molar-refractivity contribution in [2.24, 2.45) is 5.73 Å². The number of thiophene rings is 1. The van der Waals surface area contributed by atoms with Gasteiger partial charge in [-0.15, -0.1) is 11.3 Å². The van der Waals surface area contributed by atoms with Crippen LogP contribution < -0.4 is 15.8 Å². The van der Waals surface area contributed by atoms with Gasteiger partial charge in [0.15, 0.2) is 6.61 Å². The van der Waals surface area contributed by atoms with Crippen LogP contribution in [0.5, 0.6) is 5.75 Å². The molecule has 0 saturated carbocycles. The molecule has 1 unspecified atom stereocenters. The molecule has 132 valence electrons. The second-order valence-corrected chi connectivity index (χ2v) is 6.58. The first-order valence-corrected chi connectivity index (χ1v) is 8.92. The lowest BCUT2D eigenvalue weighted by Crippen LogP contribution is -2.32. The van der Waals surface area contributed by atoms with Gasteiger partial charge in [-0.2, -0.15) is 0 Å². The standard InChI is InChI=1S/C20H18N2O3S/c21-20(24)15-8-10-16(11-9-15)25-13-18(23)22-19(17-7-4-12-26-17)14-5-2-1-3-6-14/h1-12,19H,13H2,(H2,21,24)(H,22,23). The topological polar surface area (TPSA) is 81.4 Å². The van der Waals surface area contributed by atoms with E-state index in [2.05, 4.69) is 5.32 Å². The molecular formula is C20H18N2O3S. The lowest BCUT2D eigenvalue weighted by atomic mass is 10.1. The van der Waals surface area contributed by atoms with Crippen molar-refractivity contribution in [3.63, 3.8) is 0 Å². The van der Waals surface area contributed by atoms with Gasteiger partial charge in [-0.3, -0.25) is 9.59 Å². The Morgan fingerprint density at radius 2 is 1.73 bits per heavy atom. The molecule has 1 aromatic heterocycles. The average molecular weight is 366 g/mol. The van der Waals surface area contributed by atoms with E-state index in [-0.39, 0.29) is 18.6 Å². The first-order valence-electron chi connectivity index (χ1n) is 8.04. The Morgan fingerprint density at radius 1 is 1.00 bits per heavy atom. The van der Waals surface area contributed by atoms with E-state index in [1.165, 1.54) is 0 Å². The van der Waals surface area contributed by atoms with Gasteiger partial charge < -0.3 is 15.8 Å². The fourth-order valence-electron chi connectivity index (χ4n) is 2.49. The van der Waals surface area contributed by atoms with Gasteiger partial charge in [-0.1, -0.05) is 36.4 Å². The molecule has 0 aliphatic carbocycles. The average Bonchev–Trinajstić information content (AvgIpc) is 3.20. The predicted molar refractivity (Wildman–Crippen MR) is 101 cm³/mol. The molecule has 0 spiro atoms. The van der Waals surface area contributed by atoms with Gasteiger partial charge >= 0.3 is 0 Å². The minimum Gasteiger partial charge on any atom is -0.484 e. The van der Waals surface area contributed by atoms with Crippen molar-refractivity contribution in [1.29, 1.82) is 0 Å². The van der Waals surface area contributed by atoms with Gasteiger partial charge in [0.25, 0.3) is 5.91 Å². The van der Waals surface area contributed by atoms with Gasteiger partial charge in [0.05, 0.1) is 6.04 Å². The largest absolute Gasteiger partial charge is 0.484 e. The van der Waals surface area contributed by atoms with Crippen molar-refractivity contribution < 1.29 is 14.3 Å². The van der Waals surface area contributed by atoms with Gasteiger partial charge in [0, 0.05) is 10.4 Å². The van der Waals surface area contributed by atoms with Gasteiger partial charge in [-0.05, 0) is 41.3 Å². The van der Waals surface area contributed by atoms with Crippen LogP contribution in [0.15, 0.2) is 72.1 Å². The predicted octanol–water partition coefficient (Wildman–Crippen LogP) is 3.13. The fourth-order valence-corrected chi connectivity index (χ4v) is 3.29. The Labute approximate surface area is 155 Å². The van der Waals surface area contributed by atoms with Crippen LogP contribution in [0, 0.1) is 0 Å². The minimum absolute atomic E-state index is 0.120. The van der Waals surface area contributed by atoms with Gasteiger partial charge in [-0.25, -0.2) is 0 Å². The van der Waals surface area contributed by atoms with E-state index >= 15 is 0 Å². The Balaban J connectivity index is 1.64. The van der Waals surface area contributed by atoms with Crippen LogP contribution in [-0.2, 0) is 4.79 Å². The molecule has 0 aliphatic heterocycles. The second-order valence-electron chi connectivity index (χ2n) is 5.60. The van der Waals surface area contributed by atoms with Crippen molar-refractivity contribution in [1.82, 2.24) is 5.32 Å². The molecule has 26 heavy (non-hydrogen) atoms. The first-order chi connectivity index (χ1) is 12.6. The number of nitrogens with two attached hydrogens (primary N) is 1. The Morgan fingerprint density at radius 3 is 2.35 bits per heavy atom. The number of nitrogens with one attached hydrogen (secondary N) is 1. The summed E-state index contributed by atoms with van der Waals surface area (Å²) in [6.07, 6.45) is 0. The maximum absolute atomic E-state index is 12.4. The van der Waals surface area contributed by atoms with Crippen molar-refractivity contribution in [2.75, 3.05) is 6.61 Å². The summed E-state index contributed by atoms with van der Waals surface area (Å²) in [4.78, 5) is 24.5. The molecule has 2 amide bonds.